The summed E-state index contributed by atoms with van der Waals surface area (Å²) in [6.45, 7) is 8.94. The van der Waals surface area contributed by atoms with Gasteiger partial charge in [-0.1, -0.05) is 47.0 Å². The third kappa shape index (κ3) is 4.69. The Morgan fingerprint density at radius 3 is 2.21 bits per heavy atom. The maximum absolute atomic E-state index is 10.8. The van der Waals surface area contributed by atoms with Gasteiger partial charge in [0.2, 0.25) is 0 Å². The Kier molecular flexibility index (Phi) is 7.25. The first kappa shape index (κ1) is 16.9. The molecule has 1 fully saturated rings. The van der Waals surface area contributed by atoms with Gasteiger partial charge in [-0.2, -0.15) is 0 Å². The number of hydrogen-bond donors (Lipinski definition) is 0. The van der Waals surface area contributed by atoms with Crippen LogP contribution in [0.15, 0.2) is 0 Å². The lowest BCUT2D eigenvalue weighted by molar-refractivity contribution is -0.108. The van der Waals surface area contributed by atoms with Gasteiger partial charge in [0.05, 0.1) is 6.10 Å². The molecule has 0 radical (unpaired) electrons. The zero-order valence-corrected chi connectivity index (χ0v) is 14.0. The second-order valence-corrected chi connectivity index (χ2v) is 10.3. The van der Waals surface area contributed by atoms with Crippen molar-refractivity contribution in [2.75, 3.05) is 0 Å². The number of carbonyl (C=O) groups excluding carboxylic acids is 1. The van der Waals surface area contributed by atoms with Crippen LogP contribution in [0.1, 0.15) is 53.4 Å². The molecule has 3 nitrogen and oxygen atoms in total. The second kappa shape index (κ2) is 8.17. The van der Waals surface area contributed by atoms with Crippen LogP contribution in [0.3, 0.4) is 0 Å². The van der Waals surface area contributed by atoms with Crippen LogP contribution in [0.5, 0.6) is 0 Å². The topological polar surface area (TPSA) is 38.8 Å². The molecule has 1 saturated heterocycles. The maximum Gasteiger partial charge on any atom is 0.192 e. The minimum atomic E-state index is -1.60. The molecule has 0 spiro atoms. The normalized spacial score (nSPS) is 24.2. The van der Waals surface area contributed by atoms with Gasteiger partial charge in [-0.05, 0) is 24.6 Å². The number of aldehydes is 1. The quantitative estimate of drug-likeness (QED) is 0.250. The lowest BCUT2D eigenvalue weighted by Crippen LogP contribution is -2.42. The number of rotatable bonds is 11. The summed E-state index contributed by atoms with van der Waals surface area (Å²) in [6, 6.07) is 3.47. The summed E-state index contributed by atoms with van der Waals surface area (Å²) < 4.78 is 12.0. The summed E-state index contributed by atoms with van der Waals surface area (Å²) >= 11 is 0. The summed E-state index contributed by atoms with van der Waals surface area (Å²) in [6.07, 6.45) is 5.56. The predicted molar refractivity (Wildman–Crippen MR) is 80.9 cm³/mol. The fraction of sp³-hybridized carbons (Fsp3) is 0.933. The largest absolute Gasteiger partial charge is 0.411 e. The molecule has 0 aliphatic carbocycles. The van der Waals surface area contributed by atoms with E-state index < -0.39 is 8.32 Å². The molecule has 0 bridgehead atoms. The molecular formula is C15H30O3Si. The summed E-state index contributed by atoms with van der Waals surface area (Å²) in [5, 5.41) is 0. The molecule has 0 aromatic carbocycles. The lowest BCUT2D eigenvalue weighted by Gasteiger charge is -2.33. The van der Waals surface area contributed by atoms with E-state index in [1.165, 1.54) is 19.3 Å². The van der Waals surface area contributed by atoms with E-state index in [-0.39, 0.29) is 18.3 Å². The van der Waals surface area contributed by atoms with E-state index in [9.17, 15) is 4.79 Å². The average Bonchev–Trinajstić information content (AvgIpc) is 3.23. The van der Waals surface area contributed by atoms with Gasteiger partial charge in [0.1, 0.15) is 12.2 Å². The molecule has 112 valence electrons. The van der Waals surface area contributed by atoms with Crippen molar-refractivity contribution in [2.24, 2.45) is 0 Å². The number of ether oxygens (including phenoxy) is 1. The summed E-state index contributed by atoms with van der Waals surface area (Å²) in [7, 11) is -1.60. The van der Waals surface area contributed by atoms with Crippen molar-refractivity contribution >= 4 is 14.6 Å². The molecule has 1 aliphatic rings. The summed E-state index contributed by atoms with van der Waals surface area (Å²) in [4.78, 5) is 10.8. The van der Waals surface area contributed by atoms with Gasteiger partial charge in [0.15, 0.2) is 14.6 Å². The molecule has 0 amide bonds. The van der Waals surface area contributed by atoms with E-state index in [1.807, 2.05) is 0 Å². The average molecular weight is 286 g/mol. The molecule has 1 heterocycles. The van der Waals surface area contributed by atoms with E-state index >= 15 is 0 Å². The third-order valence-corrected chi connectivity index (χ3v) is 9.16. The van der Waals surface area contributed by atoms with Crippen LogP contribution in [0, 0.1) is 0 Å². The Hall–Kier alpha value is -0.193. The lowest BCUT2D eigenvalue weighted by atomic mass is 10.1. The standard InChI is InChI=1S/C15H30O3Si/c1-5-9-10-11-13(15-14(12-16)17-15)18-19(6-2,7-3)8-4/h12-15H,5-11H2,1-4H3/t13-,14+,15+/m0/s1. The van der Waals surface area contributed by atoms with Crippen molar-refractivity contribution in [3.05, 3.63) is 0 Å². The van der Waals surface area contributed by atoms with Gasteiger partial charge in [-0.3, -0.25) is 0 Å². The highest BCUT2D eigenvalue weighted by Gasteiger charge is 2.47. The minimum absolute atomic E-state index is 0.0332. The van der Waals surface area contributed by atoms with E-state index in [0.717, 1.165) is 30.8 Å². The Balaban J connectivity index is 2.59. The highest BCUT2D eigenvalue weighted by Crippen LogP contribution is 2.33. The Morgan fingerprint density at radius 1 is 1.16 bits per heavy atom. The van der Waals surface area contributed by atoms with E-state index in [1.54, 1.807) is 0 Å². The Labute approximate surface area is 119 Å². The summed E-state index contributed by atoms with van der Waals surface area (Å²) in [5.74, 6) is 0. The SMILES string of the molecule is CCCCC[C@H](O[Si](CC)(CC)CC)[C@H]1O[C@@H]1C=O. The van der Waals surface area contributed by atoms with Gasteiger partial charge in [0.25, 0.3) is 0 Å². The molecule has 0 aromatic rings. The predicted octanol–water partition coefficient (Wildman–Crippen LogP) is 3.92. The molecule has 0 aromatic heterocycles. The van der Waals surface area contributed by atoms with Crippen LogP contribution in [0.4, 0.5) is 0 Å². The molecule has 3 atom stereocenters. The fourth-order valence-electron chi connectivity index (χ4n) is 2.75. The van der Waals surface area contributed by atoms with Crippen molar-refractivity contribution in [3.63, 3.8) is 0 Å². The smallest absolute Gasteiger partial charge is 0.192 e. The first-order chi connectivity index (χ1) is 9.16. The first-order valence-corrected chi connectivity index (χ1v) is 10.5. The van der Waals surface area contributed by atoms with Crippen LogP contribution >= 0.6 is 0 Å². The molecule has 1 aliphatic heterocycles. The number of carbonyl (C=O) groups is 1. The molecule has 0 saturated carbocycles. The zero-order valence-electron chi connectivity index (χ0n) is 13.0. The minimum Gasteiger partial charge on any atom is -0.411 e. The fourth-order valence-corrected chi connectivity index (χ4v) is 5.65. The number of hydrogen-bond acceptors (Lipinski definition) is 3. The molecule has 0 unspecified atom stereocenters. The van der Waals surface area contributed by atoms with Gasteiger partial charge in [0, 0.05) is 0 Å². The zero-order chi connectivity index (χ0) is 14.3. The monoisotopic (exact) mass is 286 g/mol. The van der Waals surface area contributed by atoms with Crippen LogP contribution in [0.2, 0.25) is 18.1 Å². The highest BCUT2D eigenvalue weighted by molar-refractivity contribution is 6.73. The highest BCUT2D eigenvalue weighted by atomic mass is 28.4. The third-order valence-electron chi connectivity index (χ3n) is 4.49. The van der Waals surface area contributed by atoms with E-state index in [4.69, 9.17) is 9.16 Å². The maximum atomic E-state index is 10.8. The van der Waals surface area contributed by atoms with Crippen LogP contribution in [-0.4, -0.2) is 32.9 Å². The Morgan fingerprint density at radius 2 is 1.79 bits per heavy atom. The molecule has 19 heavy (non-hydrogen) atoms. The van der Waals surface area contributed by atoms with Crippen molar-refractivity contribution in [2.45, 2.75) is 89.8 Å². The van der Waals surface area contributed by atoms with Crippen molar-refractivity contribution in [1.29, 1.82) is 0 Å². The van der Waals surface area contributed by atoms with Crippen LogP contribution in [-0.2, 0) is 14.0 Å². The molecule has 4 heteroatoms. The first-order valence-electron chi connectivity index (χ1n) is 7.94. The molecule has 1 rings (SSSR count). The van der Waals surface area contributed by atoms with E-state index in [2.05, 4.69) is 27.7 Å². The van der Waals surface area contributed by atoms with Crippen LogP contribution < -0.4 is 0 Å². The second-order valence-electron chi connectivity index (χ2n) is 5.60. The van der Waals surface area contributed by atoms with Crippen LogP contribution in [0.25, 0.3) is 0 Å². The van der Waals surface area contributed by atoms with Gasteiger partial charge >= 0.3 is 0 Å². The van der Waals surface area contributed by atoms with E-state index in [0.29, 0.717) is 0 Å². The van der Waals surface area contributed by atoms with Crippen molar-refractivity contribution in [1.82, 2.24) is 0 Å². The number of epoxide rings is 1. The Bertz CT molecular complexity index is 258. The van der Waals surface area contributed by atoms with Gasteiger partial charge in [-0.25, -0.2) is 0 Å². The van der Waals surface area contributed by atoms with Gasteiger partial charge < -0.3 is 14.0 Å². The molecule has 0 N–H and O–H groups in total. The summed E-state index contributed by atoms with van der Waals surface area (Å²) in [5.41, 5.74) is 0. The van der Waals surface area contributed by atoms with Crippen molar-refractivity contribution < 1.29 is 14.0 Å². The van der Waals surface area contributed by atoms with Crippen molar-refractivity contribution in [3.8, 4) is 0 Å². The van der Waals surface area contributed by atoms with Gasteiger partial charge in [-0.15, -0.1) is 0 Å². The number of unbranched alkanes of at least 4 members (excludes halogenated alkanes) is 2. The molecular weight excluding hydrogens is 256 g/mol.